The summed E-state index contributed by atoms with van der Waals surface area (Å²) in [6.45, 7) is 2.01. The zero-order chi connectivity index (χ0) is 24.9. The Balaban J connectivity index is 0.00000103. The molecule has 1 amide bonds. The van der Waals surface area contributed by atoms with Crippen molar-refractivity contribution in [2.75, 3.05) is 18.1 Å². The van der Waals surface area contributed by atoms with Crippen LogP contribution in [0.15, 0.2) is 24.4 Å². The molecule has 1 aliphatic heterocycles. The monoisotopic (exact) mass is 497 g/mol. The van der Waals surface area contributed by atoms with Gasteiger partial charge >= 0.3 is 0 Å². The average molecular weight is 498 g/mol. The number of fused-ring (bicyclic) bond motifs is 1. The number of pyridine rings is 2. The molecule has 8 nitrogen and oxygen atoms in total. The molecule has 184 valence electrons. The molecule has 12 heteroatoms. The van der Waals surface area contributed by atoms with Crippen molar-refractivity contribution in [2.45, 2.75) is 38.0 Å². The second-order valence-corrected chi connectivity index (χ2v) is 9.44. The van der Waals surface area contributed by atoms with Crippen molar-refractivity contribution >= 4 is 29.3 Å². The van der Waals surface area contributed by atoms with Crippen LogP contribution >= 0.6 is 11.8 Å². The topological polar surface area (TPSA) is 105 Å². The van der Waals surface area contributed by atoms with Crippen molar-refractivity contribution in [1.82, 2.24) is 19.5 Å². The fourth-order valence-corrected chi connectivity index (χ4v) is 4.97. The van der Waals surface area contributed by atoms with Gasteiger partial charge in [0.15, 0.2) is 18.0 Å². The number of rotatable bonds is 6. The lowest BCUT2D eigenvalue weighted by atomic mass is 9.83. The van der Waals surface area contributed by atoms with Crippen molar-refractivity contribution in [3.8, 4) is 17.5 Å². The smallest absolute Gasteiger partial charge is 0.278 e. The number of alkyl halides is 2. The van der Waals surface area contributed by atoms with E-state index in [2.05, 4.69) is 22.6 Å². The Bertz CT molecular complexity index is 1150. The number of carbonyl (C=O) groups is 1. The number of carbonyl (C=O) groups excluding carboxylic acids is 1. The maximum absolute atomic E-state index is 13.6. The second-order valence-electron chi connectivity index (χ2n) is 8.21. The molecule has 1 saturated heterocycles. The predicted molar refractivity (Wildman–Crippen MR) is 123 cm³/mol. The van der Waals surface area contributed by atoms with Crippen molar-refractivity contribution in [1.29, 1.82) is 0 Å². The summed E-state index contributed by atoms with van der Waals surface area (Å²) in [4.78, 5) is 21.7. The first kappa shape index (κ1) is 25.6. The molecule has 1 fully saturated rings. The Labute approximate surface area is 199 Å². The molecular formula is C22H26F3N5O3S. The standard InChI is InChI=1S/C21H23F3N4O2S.CH3NO/c1-20(6-8-31-9-7-20)19-26-14-4-5-16(27-17(14)28(19)3)30-18-15(10-13(22)11-25-18)29-12-21(2,23)24;2-1-3/h4-5,10-11H,6-9,12H2,1-3H3;1H,(H2,2,3). The largest absolute Gasteiger partial charge is 0.482 e. The summed E-state index contributed by atoms with van der Waals surface area (Å²) in [5, 5.41) is 0. The minimum absolute atomic E-state index is 0.0212. The van der Waals surface area contributed by atoms with E-state index < -0.39 is 18.3 Å². The van der Waals surface area contributed by atoms with E-state index in [1.54, 1.807) is 12.1 Å². The van der Waals surface area contributed by atoms with Gasteiger partial charge in [0.1, 0.15) is 17.2 Å². The van der Waals surface area contributed by atoms with Gasteiger partial charge in [-0.1, -0.05) is 6.92 Å². The van der Waals surface area contributed by atoms with E-state index in [4.69, 9.17) is 19.3 Å². The molecule has 0 aliphatic carbocycles. The number of hydrogen-bond acceptors (Lipinski definition) is 7. The van der Waals surface area contributed by atoms with Crippen LogP contribution in [-0.2, 0) is 17.3 Å². The summed E-state index contributed by atoms with van der Waals surface area (Å²) < 4.78 is 52.6. The Morgan fingerprint density at radius 2 is 1.97 bits per heavy atom. The number of thioether (sulfide) groups is 1. The molecule has 0 unspecified atom stereocenters. The van der Waals surface area contributed by atoms with Crippen molar-refractivity contribution in [3.63, 3.8) is 0 Å². The van der Waals surface area contributed by atoms with Crippen LogP contribution in [0.2, 0.25) is 0 Å². The normalized spacial score (nSPS) is 15.4. The van der Waals surface area contributed by atoms with E-state index in [-0.39, 0.29) is 29.3 Å². The lowest BCUT2D eigenvalue weighted by Gasteiger charge is -2.32. The van der Waals surface area contributed by atoms with Crippen LogP contribution in [0.1, 0.15) is 32.5 Å². The van der Waals surface area contributed by atoms with E-state index in [1.807, 2.05) is 23.4 Å². The SMILES string of the molecule is Cn1c(C2(C)CCSCC2)nc2ccc(Oc3ncc(F)cc3OCC(C)(F)F)nc21.NC=O. The lowest BCUT2D eigenvalue weighted by Crippen LogP contribution is -2.30. The molecule has 4 heterocycles. The van der Waals surface area contributed by atoms with Crippen molar-refractivity contribution in [2.24, 2.45) is 12.8 Å². The molecule has 0 atom stereocenters. The van der Waals surface area contributed by atoms with Gasteiger partial charge in [-0.2, -0.15) is 16.7 Å². The highest BCUT2D eigenvalue weighted by Gasteiger charge is 2.34. The number of aryl methyl sites for hydroxylation is 1. The van der Waals surface area contributed by atoms with Crippen molar-refractivity contribution in [3.05, 3.63) is 36.0 Å². The van der Waals surface area contributed by atoms with Crippen molar-refractivity contribution < 1.29 is 27.4 Å². The zero-order valence-corrected chi connectivity index (χ0v) is 19.9. The number of amides is 1. The average Bonchev–Trinajstić information content (AvgIpc) is 3.11. The van der Waals surface area contributed by atoms with E-state index in [1.165, 1.54) is 0 Å². The molecule has 0 radical (unpaired) electrons. The van der Waals surface area contributed by atoms with Crippen LogP contribution in [0.3, 0.4) is 0 Å². The summed E-state index contributed by atoms with van der Waals surface area (Å²) >= 11 is 1.95. The molecule has 0 spiro atoms. The number of ether oxygens (including phenoxy) is 2. The van der Waals surface area contributed by atoms with Crippen LogP contribution in [0.4, 0.5) is 13.2 Å². The highest BCUT2D eigenvalue weighted by atomic mass is 32.2. The fourth-order valence-electron chi connectivity index (χ4n) is 3.58. The Morgan fingerprint density at radius 3 is 2.62 bits per heavy atom. The lowest BCUT2D eigenvalue weighted by molar-refractivity contribution is -0.106. The second kappa shape index (κ2) is 10.5. The number of halogens is 3. The van der Waals surface area contributed by atoms with E-state index in [9.17, 15) is 13.2 Å². The maximum Gasteiger partial charge on any atom is 0.278 e. The van der Waals surface area contributed by atoms with Gasteiger partial charge in [0.05, 0.1) is 6.20 Å². The number of primary amides is 1. The first-order chi connectivity index (χ1) is 16.1. The van der Waals surface area contributed by atoms with E-state index >= 15 is 0 Å². The third-order valence-electron chi connectivity index (χ3n) is 5.29. The van der Waals surface area contributed by atoms with Gasteiger partial charge in [-0.25, -0.2) is 23.1 Å². The fraction of sp³-hybridized carbons (Fsp3) is 0.455. The Hall–Kier alpha value is -3.02. The van der Waals surface area contributed by atoms with Gasteiger partial charge in [0, 0.05) is 31.5 Å². The van der Waals surface area contributed by atoms with Gasteiger partial charge in [-0.05, 0) is 30.4 Å². The highest BCUT2D eigenvalue weighted by molar-refractivity contribution is 7.99. The van der Waals surface area contributed by atoms with Crippen LogP contribution in [-0.4, -0.2) is 50.0 Å². The van der Waals surface area contributed by atoms with E-state index in [0.29, 0.717) is 12.6 Å². The van der Waals surface area contributed by atoms with Gasteiger partial charge in [-0.3, -0.25) is 4.79 Å². The van der Waals surface area contributed by atoms with E-state index in [0.717, 1.165) is 48.0 Å². The summed E-state index contributed by atoms with van der Waals surface area (Å²) in [6.07, 6.45) is 3.26. The van der Waals surface area contributed by atoms with Crippen LogP contribution in [0, 0.1) is 5.82 Å². The first-order valence-electron chi connectivity index (χ1n) is 10.5. The number of nitrogens with zero attached hydrogens (tertiary/aromatic N) is 4. The number of aromatic nitrogens is 4. The summed E-state index contributed by atoms with van der Waals surface area (Å²) in [5.74, 6) is -0.827. The van der Waals surface area contributed by atoms with Crippen LogP contribution < -0.4 is 15.2 Å². The third-order valence-corrected chi connectivity index (χ3v) is 6.28. The molecular weight excluding hydrogens is 471 g/mol. The number of imidazole rings is 1. The summed E-state index contributed by atoms with van der Waals surface area (Å²) in [6, 6.07) is 4.35. The van der Waals surface area contributed by atoms with Crippen LogP contribution in [0.5, 0.6) is 17.5 Å². The van der Waals surface area contributed by atoms with Gasteiger partial charge < -0.3 is 19.8 Å². The summed E-state index contributed by atoms with van der Waals surface area (Å²) in [7, 11) is 1.92. The van der Waals surface area contributed by atoms with Gasteiger partial charge in [-0.15, -0.1) is 0 Å². The molecule has 0 bridgehead atoms. The summed E-state index contributed by atoms with van der Waals surface area (Å²) in [5.41, 5.74) is 5.52. The molecule has 0 saturated carbocycles. The van der Waals surface area contributed by atoms with Gasteiger partial charge in [0.25, 0.3) is 11.8 Å². The number of hydrogen-bond donors (Lipinski definition) is 1. The minimum atomic E-state index is -3.08. The molecule has 2 N–H and O–H groups in total. The molecule has 0 aromatic carbocycles. The minimum Gasteiger partial charge on any atom is -0.482 e. The van der Waals surface area contributed by atoms with Gasteiger partial charge in [0.2, 0.25) is 12.3 Å². The Morgan fingerprint density at radius 1 is 1.29 bits per heavy atom. The maximum atomic E-state index is 13.6. The quantitative estimate of drug-likeness (QED) is 0.509. The zero-order valence-electron chi connectivity index (χ0n) is 19.1. The molecule has 1 aliphatic rings. The molecule has 4 rings (SSSR count). The number of nitrogens with two attached hydrogens (primary N) is 1. The molecule has 3 aromatic heterocycles. The predicted octanol–water partition coefficient (Wildman–Crippen LogP) is 4.21. The first-order valence-corrected chi connectivity index (χ1v) is 11.6. The highest BCUT2D eigenvalue weighted by Crippen LogP contribution is 2.38. The van der Waals surface area contributed by atoms with Crippen LogP contribution in [0.25, 0.3) is 11.2 Å². The Kier molecular flexibility index (Phi) is 7.90. The third kappa shape index (κ3) is 6.10. The molecule has 3 aromatic rings. The molecule has 34 heavy (non-hydrogen) atoms.